The molecule has 0 saturated heterocycles. The third-order valence-electron chi connectivity index (χ3n) is 4.48. The summed E-state index contributed by atoms with van der Waals surface area (Å²) in [6.07, 6.45) is -0.432. The van der Waals surface area contributed by atoms with Crippen LogP contribution in [0.4, 0.5) is 0 Å². The van der Waals surface area contributed by atoms with Crippen LogP contribution in [0.1, 0.15) is 37.5 Å². The molecule has 0 spiro atoms. The van der Waals surface area contributed by atoms with E-state index in [1.165, 1.54) is 0 Å². The number of hydrogen-bond donors (Lipinski definition) is 1. The molecule has 2 atom stereocenters. The summed E-state index contributed by atoms with van der Waals surface area (Å²) in [6.45, 7) is 5.82. The maximum absolute atomic E-state index is 10.9. The number of aliphatic hydroxyl groups excluding tert-OH is 1. The topological polar surface area (TPSA) is 41.8 Å². The Morgan fingerprint density at radius 2 is 1.24 bits per heavy atom. The lowest BCUT2D eigenvalue weighted by Gasteiger charge is -2.28. The molecule has 0 amide bonds. The standard InChI is InChI=1S/C26H29NO2/c1-26(2,3)29-25(28)23(19-20-13-7-4-8-14-20)27-24(21-15-9-5-10-16-21)22-17-11-6-12-18-22/h4-18,23,25,28H,19H2,1-3H3. The van der Waals surface area contributed by atoms with E-state index in [1.807, 2.05) is 99.6 Å². The minimum absolute atomic E-state index is 0.438. The molecule has 0 heterocycles. The highest BCUT2D eigenvalue weighted by molar-refractivity contribution is 6.13. The Morgan fingerprint density at radius 1 is 0.793 bits per heavy atom. The molecule has 0 aliphatic rings. The normalized spacial score (nSPS) is 13.5. The van der Waals surface area contributed by atoms with Crippen LogP contribution < -0.4 is 0 Å². The molecule has 0 bridgehead atoms. The third kappa shape index (κ3) is 6.38. The molecular formula is C26H29NO2. The van der Waals surface area contributed by atoms with Gasteiger partial charge in [0.2, 0.25) is 0 Å². The summed E-state index contributed by atoms with van der Waals surface area (Å²) in [5.74, 6) is 0. The fourth-order valence-corrected chi connectivity index (χ4v) is 3.18. The number of benzene rings is 3. The highest BCUT2D eigenvalue weighted by Crippen LogP contribution is 2.20. The predicted octanol–water partition coefficient (Wildman–Crippen LogP) is 5.27. The molecule has 3 rings (SSSR count). The van der Waals surface area contributed by atoms with Crippen LogP contribution in [0.2, 0.25) is 0 Å². The van der Waals surface area contributed by atoms with Crippen LogP contribution in [-0.2, 0) is 11.2 Å². The van der Waals surface area contributed by atoms with E-state index in [0.29, 0.717) is 6.42 Å². The van der Waals surface area contributed by atoms with Crippen molar-refractivity contribution in [1.82, 2.24) is 0 Å². The van der Waals surface area contributed by atoms with Crippen molar-refractivity contribution >= 4 is 5.71 Å². The van der Waals surface area contributed by atoms with Crippen LogP contribution in [0.5, 0.6) is 0 Å². The van der Waals surface area contributed by atoms with Crippen molar-refractivity contribution in [3.8, 4) is 0 Å². The lowest BCUT2D eigenvalue weighted by Crippen LogP contribution is -2.37. The van der Waals surface area contributed by atoms with E-state index < -0.39 is 17.9 Å². The molecule has 0 radical (unpaired) electrons. The maximum atomic E-state index is 10.9. The van der Waals surface area contributed by atoms with Crippen molar-refractivity contribution in [2.75, 3.05) is 0 Å². The SMILES string of the molecule is CC(C)(C)OC(O)C(Cc1ccccc1)N=C(c1ccccc1)c1ccccc1. The van der Waals surface area contributed by atoms with Gasteiger partial charge in [0.25, 0.3) is 0 Å². The molecule has 29 heavy (non-hydrogen) atoms. The average molecular weight is 388 g/mol. The first-order chi connectivity index (χ1) is 13.9. The van der Waals surface area contributed by atoms with E-state index in [9.17, 15) is 5.11 Å². The first kappa shape index (κ1) is 21.0. The fraction of sp³-hybridized carbons (Fsp3) is 0.269. The largest absolute Gasteiger partial charge is 0.366 e. The monoisotopic (exact) mass is 387 g/mol. The highest BCUT2D eigenvalue weighted by Gasteiger charge is 2.26. The minimum Gasteiger partial charge on any atom is -0.366 e. The van der Waals surface area contributed by atoms with Gasteiger partial charge in [0.05, 0.1) is 11.3 Å². The number of hydrogen-bond acceptors (Lipinski definition) is 3. The van der Waals surface area contributed by atoms with Crippen molar-refractivity contribution in [2.45, 2.75) is 45.1 Å². The van der Waals surface area contributed by atoms with E-state index in [-0.39, 0.29) is 0 Å². The summed E-state index contributed by atoms with van der Waals surface area (Å²) >= 11 is 0. The Labute approximate surface area is 173 Å². The molecule has 1 N–H and O–H groups in total. The molecule has 3 aromatic rings. The van der Waals surface area contributed by atoms with Gasteiger partial charge in [0, 0.05) is 11.1 Å². The number of aliphatic hydroxyl groups is 1. The van der Waals surface area contributed by atoms with Gasteiger partial charge in [-0.05, 0) is 32.8 Å². The molecule has 0 aromatic heterocycles. The zero-order valence-corrected chi connectivity index (χ0v) is 17.3. The van der Waals surface area contributed by atoms with Gasteiger partial charge < -0.3 is 9.84 Å². The summed E-state index contributed by atoms with van der Waals surface area (Å²) in [5.41, 5.74) is 3.52. The Kier molecular flexibility index (Phi) is 6.97. The van der Waals surface area contributed by atoms with Gasteiger partial charge >= 0.3 is 0 Å². The smallest absolute Gasteiger partial charge is 0.178 e. The molecule has 0 saturated carbocycles. The van der Waals surface area contributed by atoms with Gasteiger partial charge in [-0.1, -0.05) is 91.0 Å². The average Bonchev–Trinajstić information content (AvgIpc) is 2.72. The Balaban J connectivity index is 2.03. The van der Waals surface area contributed by atoms with E-state index >= 15 is 0 Å². The zero-order valence-electron chi connectivity index (χ0n) is 17.3. The molecule has 0 aliphatic carbocycles. The number of aliphatic imine (C=N–C) groups is 1. The number of rotatable bonds is 7. The Hall–Kier alpha value is -2.75. The minimum atomic E-state index is -1.02. The quantitative estimate of drug-likeness (QED) is 0.443. The summed E-state index contributed by atoms with van der Waals surface area (Å²) < 4.78 is 5.89. The second-order valence-corrected chi connectivity index (χ2v) is 8.09. The Morgan fingerprint density at radius 3 is 1.69 bits per heavy atom. The van der Waals surface area contributed by atoms with E-state index in [4.69, 9.17) is 9.73 Å². The summed E-state index contributed by atoms with van der Waals surface area (Å²) in [7, 11) is 0. The third-order valence-corrected chi connectivity index (χ3v) is 4.48. The van der Waals surface area contributed by atoms with Gasteiger partial charge in [0.15, 0.2) is 6.29 Å². The van der Waals surface area contributed by atoms with Crippen molar-refractivity contribution in [2.24, 2.45) is 4.99 Å². The molecule has 150 valence electrons. The lowest BCUT2D eigenvalue weighted by molar-refractivity contribution is -0.174. The van der Waals surface area contributed by atoms with E-state index in [0.717, 1.165) is 22.4 Å². The van der Waals surface area contributed by atoms with Crippen molar-refractivity contribution in [3.05, 3.63) is 108 Å². The van der Waals surface area contributed by atoms with Gasteiger partial charge in [-0.25, -0.2) is 0 Å². The molecular weight excluding hydrogens is 358 g/mol. The van der Waals surface area contributed by atoms with Gasteiger partial charge in [-0.15, -0.1) is 0 Å². The zero-order chi connectivity index (χ0) is 20.7. The van der Waals surface area contributed by atoms with Crippen LogP contribution in [0, 0.1) is 0 Å². The Bertz CT molecular complexity index is 858. The fourth-order valence-electron chi connectivity index (χ4n) is 3.18. The summed E-state index contributed by atoms with van der Waals surface area (Å²) in [6, 6.07) is 29.8. The predicted molar refractivity (Wildman–Crippen MR) is 119 cm³/mol. The van der Waals surface area contributed by atoms with Crippen LogP contribution in [-0.4, -0.2) is 28.8 Å². The first-order valence-corrected chi connectivity index (χ1v) is 10.0. The number of ether oxygens (including phenoxy) is 1. The second-order valence-electron chi connectivity index (χ2n) is 8.09. The summed E-state index contributed by atoms with van der Waals surface area (Å²) in [5, 5.41) is 10.9. The molecule has 2 unspecified atom stereocenters. The highest BCUT2D eigenvalue weighted by atomic mass is 16.6. The summed E-state index contributed by atoms with van der Waals surface area (Å²) in [4.78, 5) is 5.04. The molecule has 3 heteroatoms. The molecule has 0 fully saturated rings. The van der Waals surface area contributed by atoms with Crippen LogP contribution in [0.25, 0.3) is 0 Å². The number of nitrogens with zero attached hydrogens (tertiary/aromatic N) is 1. The van der Waals surface area contributed by atoms with E-state index in [1.54, 1.807) is 0 Å². The molecule has 3 aromatic carbocycles. The van der Waals surface area contributed by atoms with Gasteiger partial charge in [-0.2, -0.15) is 0 Å². The van der Waals surface area contributed by atoms with Crippen LogP contribution in [0.3, 0.4) is 0 Å². The lowest BCUT2D eigenvalue weighted by atomic mass is 10.0. The van der Waals surface area contributed by atoms with Gasteiger partial charge in [0.1, 0.15) is 6.04 Å². The van der Waals surface area contributed by atoms with Crippen molar-refractivity contribution in [3.63, 3.8) is 0 Å². The van der Waals surface area contributed by atoms with Crippen molar-refractivity contribution in [1.29, 1.82) is 0 Å². The first-order valence-electron chi connectivity index (χ1n) is 10.0. The second kappa shape index (κ2) is 9.64. The van der Waals surface area contributed by atoms with Crippen LogP contribution >= 0.6 is 0 Å². The van der Waals surface area contributed by atoms with Gasteiger partial charge in [-0.3, -0.25) is 4.99 Å². The molecule has 3 nitrogen and oxygen atoms in total. The maximum Gasteiger partial charge on any atom is 0.178 e. The van der Waals surface area contributed by atoms with Crippen molar-refractivity contribution < 1.29 is 9.84 Å². The molecule has 0 aliphatic heterocycles. The van der Waals surface area contributed by atoms with Crippen LogP contribution in [0.15, 0.2) is 96.0 Å². The van der Waals surface area contributed by atoms with E-state index in [2.05, 4.69) is 12.1 Å².